The number of hydrogen-bond acceptors (Lipinski definition) is 3. The standard InChI is InChI=1S/C12H20N4OS/c1-9-10(7-15-16(9)2)6-13-12(18)14-8-11-4-3-5-17-11/h7,11H,3-6,8H2,1-2H3,(H2,13,14,18). The molecule has 2 N–H and O–H groups in total. The van der Waals surface area contributed by atoms with E-state index in [9.17, 15) is 0 Å². The maximum Gasteiger partial charge on any atom is 0.166 e. The van der Waals surface area contributed by atoms with Gasteiger partial charge < -0.3 is 15.4 Å². The topological polar surface area (TPSA) is 51.1 Å². The minimum absolute atomic E-state index is 0.310. The van der Waals surface area contributed by atoms with E-state index in [1.54, 1.807) is 0 Å². The Hall–Kier alpha value is -1.14. The van der Waals surface area contributed by atoms with Crippen LogP contribution in [0.4, 0.5) is 0 Å². The third kappa shape index (κ3) is 3.43. The van der Waals surface area contributed by atoms with E-state index in [2.05, 4.69) is 15.7 Å². The second-order valence-corrected chi connectivity index (χ2v) is 4.99. The van der Waals surface area contributed by atoms with Gasteiger partial charge in [-0.3, -0.25) is 4.68 Å². The molecule has 0 amide bonds. The number of nitrogens with one attached hydrogen (secondary N) is 2. The molecule has 0 saturated carbocycles. The van der Waals surface area contributed by atoms with Crippen molar-refractivity contribution >= 4 is 17.3 Å². The van der Waals surface area contributed by atoms with Crippen molar-refractivity contribution in [3.8, 4) is 0 Å². The first-order chi connectivity index (χ1) is 8.66. The Balaban J connectivity index is 1.69. The second kappa shape index (κ2) is 6.15. The summed E-state index contributed by atoms with van der Waals surface area (Å²) in [5.41, 5.74) is 2.32. The quantitative estimate of drug-likeness (QED) is 0.794. The van der Waals surface area contributed by atoms with Gasteiger partial charge in [-0.15, -0.1) is 0 Å². The van der Waals surface area contributed by atoms with Gasteiger partial charge in [-0.05, 0) is 32.0 Å². The lowest BCUT2D eigenvalue weighted by molar-refractivity contribution is 0.114. The predicted molar refractivity (Wildman–Crippen MR) is 74.4 cm³/mol. The molecule has 2 heterocycles. The third-order valence-electron chi connectivity index (χ3n) is 3.29. The smallest absolute Gasteiger partial charge is 0.166 e. The van der Waals surface area contributed by atoms with Crippen LogP contribution in [0.1, 0.15) is 24.1 Å². The molecule has 1 aromatic heterocycles. The Morgan fingerprint density at radius 2 is 2.44 bits per heavy atom. The SMILES string of the molecule is Cc1c(CNC(=S)NCC2CCCO2)cnn1C. The predicted octanol–water partition coefficient (Wildman–Crippen LogP) is 0.872. The van der Waals surface area contributed by atoms with Crippen molar-refractivity contribution < 1.29 is 4.74 Å². The summed E-state index contributed by atoms with van der Waals surface area (Å²) in [6, 6.07) is 0. The molecule has 1 aromatic rings. The van der Waals surface area contributed by atoms with Crippen LogP contribution in [-0.2, 0) is 18.3 Å². The molecule has 100 valence electrons. The summed E-state index contributed by atoms with van der Waals surface area (Å²) in [5, 5.41) is 11.2. The van der Waals surface area contributed by atoms with Gasteiger partial charge in [0, 0.05) is 38.0 Å². The third-order valence-corrected chi connectivity index (χ3v) is 3.58. The normalized spacial score (nSPS) is 18.9. The van der Waals surface area contributed by atoms with Gasteiger partial charge in [0.25, 0.3) is 0 Å². The molecule has 18 heavy (non-hydrogen) atoms. The minimum atomic E-state index is 0.310. The van der Waals surface area contributed by atoms with Crippen LogP contribution in [0.25, 0.3) is 0 Å². The maximum atomic E-state index is 5.53. The molecule has 2 rings (SSSR count). The fourth-order valence-corrected chi connectivity index (χ4v) is 2.12. The van der Waals surface area contributed by atoms with E-state index >= 15 is 0 Å². The molecule has 0 aromatic carbocycles. The van der Waals surface area contributed by atoms with Crippen molar-refractivity contribution in [2.24, 2.45) is 7.05 Å². The highest BCUT2D eigenvalue weighted by Crippen LogP contribution is 2.10. The number of nitrogens with zero attached hydrogens (tertiary/aromatic N) is 2. The lowest BCUT2D eigenvalue weighted by Gasteiger charge is -2.13. The fourth-order valence-electron chi connectivity index (χ4n) is 1.97. The number of aromatic nitrogens is 2. The van der Waals surface area contributed by atoms with Crippen molar-refractivity contribution in [2.45, 2.75) is 32.4 Å². The molecule has 5 nitrogen and oxygen atoms in total. The summed E-state index contributed by atoms with van der Waals surface area (Å²) in [5.74, 6) is 0. The van der Waals surface area contributed by atoms with Crippen LogP contribution >= 0.6 is 12.2 Å². The summed E-state index contributed by atoms with van der Waals surface area (Å²) in [7, 11) is 1.94. The first-order valence-corrected chi connectivity index (χ1v) is 6.68. The van der Waals surface area contributed by atoms with Crippen LogP contribution < -0.4 is 10.6 Å². The summed E-state index contributed by atoms with van der Waals surface area (Å²) in [6.07, 6.45) is 4.45. The summed E-state index contributed by atoms with van der Waals surface area (Å²) < 4.78 is 7.39. The molecule has 1 aliphatic heterocycles. The zero-order valence-corrected chi connectivity index (χ0v) is 11.7. The van der Waals surface area contributed by atoms with Crippen LogP contribution in [0.2, 0.25) is 0 Å². The molecule has 1 atom stereocenters. The van der Waals surface area contributed by atoms with Crippen LogP contribution in [0.15, 0.2) is 6.20 Å². The molecule has 1 fully saturated rings. The highest BCUT2D eigenvalue weighted by atomic mass is 32.1. The van der Waals surface area contributed by atoms with Gasteiger partial charge in [-0.1, -0.05) is 0 Å². The maximum absolute atomic E-state index is 5.53. The molecular weight excluding hydrogens is 248 g/mol. The van der Waals surface area contributed by atoms with Crippen molar-refractivity contribution in [3.63, 3.8) is 0 Å². The van der Waals surface area contributed by atoms with Crippen LogP contribution in [0.3, 0.4) is 0 Å². The molecule has 1 saturated heterocycles. The molecule has 0 spiro atoms. The lowest BCUT2D eigenvalue weighted by atomic mass is 10.2. The monoisotopic (exact) mass is 268 g/mol. The van der Waals surface area contributed by atoms with Gasteiger partial charge in [0.15, 0.2) is 5.11 Å². The van der Waals surface area contributed by atoms with Gasteiger partial charge in [-0.2, -0.15) is 5.10 Å². The average Bonchev–Trinajstić information content (AvgIpc) is 2.97. The number of aryl methyl sites for hydroxylation is 1. The van der Waals surface area contributed by atoms with E-state index in [0.29, 0.717) is 17.8 Å². The van der Waals surface area contributed by atoms with E-state index in [0.717, 1.165) is 31.7 Å². The Bertz CT molecular complexity index is 412. The summed E-state index contributed by atoms with van der Waals surface area (Å²) >= 11 is 5.23. The number of thiocarbonyl (C=S) groups is 1. The van der Waals surface area contributed by atoms with Gasteiger partial charge >= 0.3 is 0 Å². The van der Waals surface area contributed by atoms with E-state index in [1.165, 1.54) is 5.56 Å². The molecule has 0 bridgehead atoms. The van der Waals surface area contributed by atoms with Crippen molar-refractivity contribution in [3.05, 3.63) is 17.5 Å². The van der Waals surface area contributed by atoms with E-state index < -0.39 is 0 Å². The van der Waals surface area contributed by atoms with Crippen LogP contribution in [0, 0.1) is 6.92 Å². The van der Waals surface area contributed by atoms with Crippen molar-refractivity contribution in [1.29, 1.82) is 0 Å². The van der Waals surface area contributed by atoms with Gasteiger partial charge in [0.2, 0.25) is 0 Å². The Labute approximate surface area is 113 Å². The van der Waals surface area contributed by atoms with Gasteiger partial charge in [0.1, 0.15) is 0 Å². The summed E-state index contributed by atoms with van der Waals surface area (Å²) in [6.45, 7) is 4.42. The van der Waals surface area contributed by atoms with Crippen molar-refractivity contribution in [2.75, 3.05) is 13.2 Å². The molecule has 1 aliphatic rings. The minimum Gasteiger partial charge on any atom is -0.376 e. The lowest BCUT2D eigenvalue weighted by Crippen LogP contribution is -2.39. The average molecular weight is 268 g/mol. The van der Waals surface area contributed by atoms with Gasteiger partial charge in [-0.25, -0.2) is 0 Å². The second-order valence-electron chi connectivity index (χ2n) is 4.58. The van der Waals surface area contributed by atoms with E-state index in [-0.39, 0.29) is 0 Å². The fraction of sp³-hybridized carbons (Fsp3) is 0.667. The zero-order chi connectivity index (χ0) is 13.0. The molecular formula is C12H20N4OS. The molecule has 0 aliphatic carbocycles. The Morgan fingerprint density at radius 1 is 1.61 bits per heavy atom. The van der Waals surface area contributed by atoms with Gasteiger partial charge in [0.05, 0.1) is 12.3 Å². The first-order valence-electron chi connectivity index (χ1n) is 6.27. The molecule has 6 heteroatoms. The zero-order valence-electron chi connectivity index (χ0n) is 10.9. The van der Waals surface area contributed by atoms with E-state index in [1.807, 2.05) is 24.9 Å². The number of ether oxygens (including phenoxy) is 1. The molecule has 0 radical (unpaired) electrons. The summed E-state index contributed by atoms with van der Waals surface area (Å²) in [4.78, 5) is 0. The first kappa shape index (κ1) is 13.3. The van der Waals surface area contributed by atoms with Crippen LogP contribution in [0.5, 0.6) is 0 Å². The number of hydrogen-bond donors (Lipinski definition) is 2. The highest BCUT2D eigenvalue weighted by molar-refractivity contribution is 7.80. The Morgan fingerprint density at radius 3 is 3.06 bits per heavy atom. The highest BCUT2D eigenvalue weighted by Gasteiger charge is 2.15. The van der Waals surface area contributed by atoms with Crippen molar-refractivity contribution in [1.82, 2.24) is 20.4 Å². The Kier molecular flexibility index (Phi) is 4.54. The largest absolute Gasteiger partial charge is 0.376 e. The number of rotatable bonds is 4. The molecule has 1 unspecified atom stereocenters. The van der Waals surface area contributed by atoms with E-state index in [4.69, 9.17) is 17.0 Å². The van der Waals surface area contributed by atoms with Crippen LogP contribution in [-0.4, -0.2) is 34.1 Å².